The number of nitrogen functional groups attached to an aromatic ring is 1. The van der Waals surface area contributed by atoms with Crippen LogP contribution in [0.4, 0.5) is 21.5 Å². The van der Waals surface area contributed by atoms with Gasteiger partial charge in [0.2, 0.25) is 5.69 Å². The van der Waals surface area contributed by atoms with Crippen molar-refractivity contribution in [1.82, 2.24) is 0 Å². The molecule has 1 aromatic carbocycles. The number of benzene rings is 1. The van der Waals surface area contributed by atoms with Crippen molar-refractivity contribution in [2.24, 2.45) is 0 Å². The standard InChI is InChI=1S/C11H12FN3O/c1-14-8-2-3-9(11(13)10(8)12)15-6-7-4-5-16-7/h2-3,7,15H,4-6,13H2/t7-/m0/s1. The lowest BCUT2D eigenvalue weighted by molar-refractivity contribution is -0.0410. The fourth-order valence-electron chi connectivity index (χ4n) is 1.49. The second-order valence-electron chi connectivity index (χ2n) is 3.63. The first-order valence-electron chi connectivity index (χ1n) is 5.03. The first-order chi connectivity index (χ1) is 7.72. The number of nitrogens with zero attached hydrogens (tertiary/aromatic N) is 1. The monoisotopic (exact) mass is 221 g/mol. The van der Waals surface area contributed by atoms with Crippen molar-refractivity contribution in [2.75, 3.05) is 24.2 Å². The molecule has 0 spiro atoms. The summed E-state index contributed by atoms with van der Waals surface area (Å²) in [4.78, 5) is 3.04. The van der Waals surface area contributed by atoms with E-state index < -0.39 is 5.82 Å². The summed E-state index contributed by atoms with van der Waals surface area (Å²) in [5, 5.41) is 3.01. The Balaban J connectivity index is 2.09. The molecule has 4 nitrogen and oxygen atoms in total. The number of nitrogens with two attached hydrogens (primary N) is 1. The van der Waals surface area contributed by atoms with Gasteiger partial charge in [0.25, 0.3) is 0 Å². The van der Waals surface area contributed by atoms with Gasteiger partial charge in [-0.05, 0) is 12.5 Å². The molecule has 1 atom stereocenters. The van der Waals surface area contributed by atoms with Crippen LogP contribution in [0.3, 0.4) is 0 Å². The first kappa shape index (κ1) is 10.7. The normalized spacial score (nSPS) is 18.6. The minimum absolute atomic E-state index is 0.00664. The van der Waals surface area contributed by atoms with Gasteiger partial charge >= 0.3 is 0 Å². The Morgan fingerprint density at radius 2 is 2.38 bits per heavy atom. The van der Waals surface area contributed by atoms with E-state index in [1.165, 1.54) is 6.07 Å². The number of nitrogens with one attached hydrogen (secondary N) is 1. The molecule has 0 aromatic heterocycles. The molecule has 0 radical (unpaired) electrons. The highest BCUT2D eigenvalue weighted by atomic mass is 19.1. The van der Waals surface area contributed by atoms with Crippen LogP contribution in [0.15, 0.2) is 12.1 Å². The molecule has 1 aliphatic rings. The van der Waals surface area contributed by atoms with Crippen molar-refractivity contribution in [2.45, 2.75) is 12.5 Å². The van der Waals surface area contributed by atoms with Gasteiger partial charge in [0.1, 0.15) is 0 Å². The summed E-state index contributed by atoms with van der Waals surface area (Å²) in [5.41, 5.74) is 6.04. The van der Waals surface area contributed by atoms with Crippen LogP contribution >= 0.6 is 0 Å². The summed E-state index contributed by atoms with van der Waals surface area (Å²) in [7, 11) is 0. The van der Waals surface area contributed by atoms with Gasteiger partial charge in [-0.1, -0.05) is 6.07 Å². The first-order valence-corrected chi connectivity index (χ1v) is 5.03. The lowest BCUT2D eigenvalue weighted by atomic mass is 10.1. The van der Waals surface area contributed by atoms with E-state index >= 15 is 0 Å². The Bertz CT molecular complexity index is 438. The molecule has 0 unspecified atom stereocenters. The average Bonchev–Trinajstić information content (AvgIpc) is 2.22. The van der Waals surface area contributed by atoms with Crippen molar-refractivity contribution in [3.8, 4) is 0 Å². The summed E-state index contributed by atoms with van der Waals surface area (Å²) >= 11 is 0. The van der Waals surface area contributed by atoms with Gasteiger partial charge in [0.15, 0.2) is 5.82 Å². The Labute approximate surface area is 93.0 Å². The second kappa shape index (κ2) is 4.37. The molecule has 0 amide bonds. The maximum atomic E-state index is 13.5. The molecule has 1 saturated heterocycles. The molecular formula is C11H12FN3O. The van der Waals surface area contributed by atoms with E-state index in [1.54, 1.807) is 6.07 Å². The quantitative estimate of drug-likeness (QED) is 0.607. The highest BCUT2D eigenvalue weighted by Crippen LogP contribution is 2.30. The lowest BCUT2D eigenvalue weighted by Crippen LogP contribution is -2.33. The molecule has 1 heterocycles. The highest BCUT2D eigenvalue weighted by molar-refractivity contribution is 5.73. The number of hydrogen-bond donors (Lipinski definition) is 2. The van der Waals surface area contributed by atoms with Crippen molar-refractivity contribution in [3.05, 3.63) is 29.4 Å². The number of anilines is 2. The highest BCUT2D eigenvalue weighted by Gasteiger charge is 2.18. The van der Waals surface area contributed by atoms with Crippen LogP contribution in [-0.2, 0) is 4.74 Å². The number of ether oxygens (including phenoxy) is 1. The smallest absolute Gasteiger partial charge is 0.224 e. The van der Waals surface area contributed by atoms with E-state index in [9.17, 15) is 4.39 Å². The van der Waals surface area contributed by atoms with E-state index in [0.717, 1.165) is 13.0 Å². The van der Waals surface area contributed by atoms with E-state index in [0.29, 0.717) is 12.2 Å². The van der Waals surface area contributed by atoms with Crippen LogP contribution in [0.25, 0.3) is 4.85 Å². The lowest BCUT2D eigenvalue weighted by Gasteiger charge is -2.27. The van der Waals surface area contributed by atoms with Crippen LogP contribution in [0.1, 0.15) is 6.42 Å². The van der Waals surface area contributed by atoms with Gasteiger partial charge < -0.3 is 15.8 Å². The summed E-state index contributed by atoms with van der Waals surface area (Å²) in [6.07, 6.45) is 1.19. The van der Waals surface area contributed by atoms with Crippen molar-refractivity contribution < 1.29 is 9.13 Å². The average molecular weight is 221 g/mol. The number of hydrogen-bond acceptors (Lipinski definition) is 3. The van der Waals surface area contributed by atoms with Gasteiger partial charge in [0.05, 0.1) is 24.1 Å². The molecule has 5 heteroatoms. The second-order valence-corrected chi connectivity index (χ2v) is 3.63. The van der Waals surface area contributed by atoms with E-state index in [-0.39, 0.29) is 17.5 Å². The Hall–Kier alpha value is -1.80. The molecule has 1 aromatic rings. The van der Waals surface area contributed by atoms with Crippen LogP contribution < -0.4 is 11.1 Å². The van der Waals surface area contributed by atoms with Crippen LogP contribution in [0.2, 0.25) is 0 Å². The third-order valence-corrected chi connectivity index (χ3v) is 2.59. The maximum Gasteiger partial charge on any atom is 0.224 e. The van der Waals surface area contributed by atoms with E-state index in [1.807, 2.05) is 0 Å². The zero-order valence-electron chi connectivity index (χ0n) is 8.66. The van der Waals surface area contributed by atoms with Gasteiger partial charge in [-0.15, -0.1) is 0 Å². The predicted molar refractivity (Wildman–Crippen MR) is 59.9 cm³/mol. The zero-order chi connectivity index (χ0) is 11.5. The molecule has 84 valence electrons. The largest absolute Gasteiger partial charge is 0.396 e. The fourth-order valence-corrected chi connectivity index (χ4v) is 1.49. The molecule has 0 saturated carbocycles. The summed E-state index contributed by atoms with van der Waals surface area (Å²) in [5.74, 6) is -0.658. The Morgan fingerprint density at radius 1 is 1.62 bits per heavy atom. The molecule has 1 fully saturated rings. The van der Waals surface area contributed by atoms with Gasteiger partial charge in [-0.2, -0.15) is 0 Å². The third kappa shape index (κ3) is 1.92. The molecule has 0 bridgehead atoms. The van der Waals surface area contributed by atoms with Crippen LogP contribution in [-0.4, -0.2) is 19.3 Å². The minimum Gasteiger partial charge on any atom is -0.396 e. The summed E-state index contributed by atoms with van der Waals surface area (Å²) in [6.45, 7) is 8.15. The number of halogens is 1. The predicted octanol–water partition coefficient (Wildman–Crippen LogP) is 2.16. The Morgan fingerprint density at radius 3 is 2.94 bits per heavy atom. The molecule has 0 aliphatic carbocycles. The van der Waals surface area contributed by atoms with Crippen molar-refractivity contribution in [3.63, 3.8) is 0 Å². The van der Waals surface area contributed by atoms with Crippen molar-refractivity contribution in [1.29, 1.82) is 0 Å². The molecule has 1 aliphatic heterocycles. The van der Waals surface area contributed by atoms with Crippen molar-refractivity contribution >= 4 is 17.1 Å². The third-order valence-electron chi connectivity index (χ3n) is 2.59. The van der Waals surface area contributed by atoms with E-state index in [4.69, 9.17) is 17.0 Å². The molecule has 3 N–H and O–H groups in total. The molecular weight excluding hydrogens is 209 g/mol. The van der Waals surface area contributed by atoms with Gasteiger partial charge in [-0.25, -0.2) is 9.24 Å². The topological polar surface area (TPSA) is 51.6 Å². The Kier molecular flexibility index (Phi) is 2.93. The minimum atomic E-state index is -0.658. The number of rotatable bonds is 3. The van der Waals surface area contributed by atoms with E-state index in [2.05, 4.69) is 10.2 Å². The SMILES string of the molecule is [C-]#[N+]c1ccc(NC[C@@H]2CCO2)c(N)c1F. The molecule has 16 heavy (non-hydrogen) atoms. The zero-order valence-corrected chi connectivity index (χ0v) is 8.66. The van der Waals surface area contributed by atoms with Gasteiger partial charge in [-0.3, -0.25) is 0 Å². The van der Waals surface area contributed by atoms with Gasteiger partial charge in [0, 0.05) is 13.2 Å². The maximum absolute atomic E-state index is 13.5. The van der Waals surface area contributed by atoms with Crippen LogP contribution in [0, 0.1) is 12.4 Å². The summed E-state index contributed by atoms with van der Waals surface area (Å²) < 4.78 is 18.7. The van der Waals surface area contributed by atoms with Crippen LogP contribution in [0.5, 0.6) is 0 Å². The fraction of sp³-hybridized carbons (Fsp3) is 0.364. The molecule has 2 rings (SSSR count). The summed E-state index contributed by atoms with van der Waals surface area (Å²) in [6, 6.07) is 3.03.